The quantitative estimate of drug-likeness (QED) is 0.528. The van der Waals surface area contributed by atoms with Crippen LogP contribution in [0.25, 0.3) is 0 Å². The Morgan fingerprint density at radius 2 is 2.37 bits per heavy atom. The Morgan fingerprint density at radius 1 is 1.53 bits per heavy atom. The van der Waals surface area contributed by atoms with Gasteiger partial charge < -0.3 is 14.2 Å². The molecule has 0 aromatic rings. The van der Waals surface area contributed by atoms with Crippen LogP contribution >= 0.6 is 0 Å². The number of allylic oxidation sites excluding steroid dienone is 2. The normalized spacial score (nSPS) is 28.1. The molecule has 4 heteroatoms. The summed E-state index contributed by atoms with van der Waals surface area (Å²) in [4.78, 5) is 11.0. The van der Waals surface area contributed by atoms with Gasteiger partial charge >= 0.3 is 11.8 Å². The Balaban J connectivity index is 2.09. The predicted molar refractivity (Wildman–Crippen MR) is 68.0 cm³/mol. The zero-order valence-corrected chi connectivity index (χ0v) is 10.6. The van der Waals surface area contributed by atoms with E-state index in [2.05, 4.69) is 23.7 Å². The van der Waals surface area contributed by atoms with Gasteiger partial charge in [0.2, 0.25) is 6.10 Å². The molecule has 0 bridgehead atoms. The molecule has 2 atom stereocenters. The Morgan fingerprint density at radius 3 is 3.11 bits per heavy atom. The number of carbonyl (C=O) groups excluding carboxylic acids is 1. The lowest BCUT2D eigenvalue weighted by molar-refractivity contribution is -0.189. The van der Waals surface area contributed by atoms with Crippen LogP contribution in [0, 0.1) is 23.7 Å². The lowest BCUT2D eigenvalue weighted by Crippen LogP contribution is -2.40. The van der Waals surface area contributed by atoms with E-state index >= 15 is 0 Å². The molecule has 0 saturated heterocycles. The lowest BCUT2D eigenvalue weighted by Gasteiger charge is -2.27. The second-order valence-corrected chi connectivity index (χ2v) is 3.82. The minimum absolute atomic E-state index is 0.396. The van der Waals surface area contributed by atoms with Crippen molar-refractivity contribution in [2.45, 2.75) is 25.7 Å². The summed E-state index contributed by atoms with van der Waals surface area (Å²) >= 11 is 0. The van der Waals surface area contributed by atoms with E-state index in [9.17, 15) is 4.79 Å². The highest BCUT2D eigenvalue weighted by Gasteiger charge is 2.48. The van der Waals surface area contributed by atoms with Crippen molar-refractivity contribution in [2.24, 2.45) is 0 Å². The minimum atomic E-state index is -1.10. The van der Waals surface area contributed by atoms with Gasteiger partial charge in [0.05, 0.1) is 6.26 Å². The third-order valence-corrected chi connectivity index (χ3v) is 2.43. The summed E-state index contributed by atoms with van der Waals surface area (Å²) in [7, 11) is 0. The summed E-state index contributed by atoms with van der Waals surface area (Å²) in [5.41, 5.74) is 0. The smallest absolute Gasteiger partial charge is 0.312 e. The van der Waals surface area contributed by atoms with Gasteiger partial charge in [-0.25, -0.2) is 0 Å². The molecule has 1 spiro atoms. The zero-order valence-electron chi connectivity index (χ0n) is 10.6. The summed E-state index contributed by atoms with van der Waals surface area (Å²) in [6.07, 6.45) is 7.48. The van der Waals surface area contributed by atoms with Crippen LogP contribution in [-0.4, -0.2) is 17.9 Å². The van der Waals surface area contributed by atoms with E-state index in [1.54, 1.807) is 31.2 Å². The maximum Gasteiger partial charge on any atom is 0.312 e. The first-order valence-electron chi connectivity index (χ1n) is 5.69. The van der Waals surface area contributed by atoms with E-state index in [1.807, 2.05) is 0 Å². The highest BCUT2D eigenvalue weighted by Crippen LogP contribution is 2.36. The number of hydrogen-bond donors (Lipinski definition) is 0. The minimum Gasteiger partial charge on any atom is -0.453 e. The van der Waals surface area contributed by atoms with Gasteiger partial charge in [0.15, 0.2) is 0 Å². The number of ether oxygens (including phenoxy) is 3. The van der Waals surface area contributed by atoms with Gasteiger partial charge in [0, 0.05) is 19.1 Å². The van der Waals surface area contributed by atoms with Crippen LogP contribution in [0.4, 0.5) is 0 Å². The molecular weight excluding hydrogens is 244 g/mol. The van der Waals surface area contributed by atoms with Crippen molar-refractivity contribution >= 4 is 5.97 Å². The van der Waals surface area contributed by atoms with E-state index < -0.39 is 17.9 Å². The second-order valence-electron chi connectivity index (χ2n) is 3.82. The van der Waals surface area contributed by atoms with E-state index in [-0.39, 0.29) is 0 Å². The molecule has 0 aromatic heterocycles. The van der Waals surface area contributed by atoms with Crippen molar-refractivity contribution in [1.29, 1.82) is 0 Å². The largest absolute Gasteiger partial charge is 0.453 e. The van der Waals surface area contributed by atoms with Gasteiger partial charge in [0.1, 0.15) is 5.76 Å². The number of carbonyl (C=O) groups is 1. The summed E-state index contributed by atoms with van der Waals surface area (Å²) in [6, 6.07) is 0. The first-order valence-corrected chi connectivity index (χ1v) is 5.69. The highest BCUT2D eigenvalue weighted by atomic mass is 16.7. The molecule has 0 fully saturated rings. The van der Waals surface area contributed by atoms with Crippen LogP contribution in [0.2, 0.25) is 0 Å². The summed E-state index contributed by atoms with van der Waals surface area (Å²) in [6.45, 7) is 3.05. The van der Waals surface area contributed by atoms with Crippen molar-refractivity contribution in [2.75, 3.05) is 0 Å². The summed E-state index contributed by atoms with van der Waals surface area (Å²) in [5.74, 6) is 9.71. The van der Waals surface area contributed by atoms with Crippen molar-refractivity contribution in [3.05, 3.63) is 36.3 Å². The van der Waals surface area contributed by atoms with Gasteiger partial charge in [-0.3, -0.25) is 4.79 Å². The van der Waals surface area contributed by atoms with Gasteiger partial charge in [-0.2, -0.15) is 0 Å². The number of hydrogen-bond acceptors (Lipinski definition) is 4. The van der Waals surface area contributed by atoms with E-state index in [0.29, 0.717) is 5.76 Å². The van der Waals surface area contributed by atoms with Crippen LogP contribution in [0.3, 0.4) is 0 Å². The van der Waals surface area contributed by atoms with Crippen LogP contribution in [0.5, 0.6) is 0 Å². The van der Waals surface area contributed by atoms with Crippen LogP contribution < -0.4 is 0 Å². The zero-order chi connectivity index (χ0) is 13.7. The van der Waals surface area contributed by atoms with Gasteiger partial charge in [-0.15, -0.1) is 0 Å². The highest BCUT2D eigenvalue weighted by molar-refractivity contribution is 5.66. The topological polar surface area (TPSA) is 44.8 Å². The Hall–Kier alpha value is -2.59. The molecule has 19 heavy (non-hydrogen) atoms. The molecule has 2 aliphatic heterocycles. The molecule has 0 amide bonds. The maximum atomic E-state index is 11.0. The summed E-state index contributed by atoms with van der Waals surface area (Å²) < 4.78 is 16.2. The molecule has 0 N–H and O–H groups in total. The monoisotopic (exact) mass is 256 g/mol. The average Bonchev–Trinajstić information content (AvgIpc) is 2.94. The fraction of sp³-hybridized carbons (Fsp3) is 0.267. The first kappa shape index (κ1) is 12.9. The molecular formula is C15H12O4. The Labute approximate surface area is 111 Å². The molecule has 96 valence electrons. The average molecular weight is 256 g/mol. The fourth-order valence-electron chi connectivity index (χ4n) is 1.67. The van der Waals surface area contributed by atoms with Crippen LogP contribution in [-0.2, 0) is 19.0 Å². The number of esters is 1. The van der Waals surface area contributed by atoms with Gasteiger partial charge in [-0.05, 0) is 30.9 Å². The first-order chi connectivity index (χ1) is 9.16. The Bertz CT molecular complexity index is 589. The molecule has 2 rings (SSSR count). The molecule has 4 nitrogen and oxygen atoms in total. The third-order valence-electron chi connectivity index (χ3n) is 2.43. The Kier molecular flexibility index (Phi) is 3.63. The van der Waals surface area contributed by atoms with Gasteiger partial charge in [0.25, 0.3) is 0 Å². The second kappa shape index (κ2) is 5.37. The molecule has 0 unspecified atom stereocenters. The fourth-order valence-corrected chi connectivity index (χ4v) is 1.67. The predicted octanol–water partition coefficient (Wildman–Crippen LogP) is 1.66. The number of rotatable bonds is 1. The molecule has 0 radical (unpaired) electrons. The maximum absolute atomic E-state index is 11.0. The van der Waals surface area contributed by atoms with Crippen molar-refractivity contribution in [3.63, 3.8) is 0 Å². The van der Waals surface area contributed by atoms with Crippen LogP contribution in [0.15, 0.2) is 36.3 Å². The SMILES string of the molecule is CC#CC#C/C=C1/C=C[C@]2(OC=C[C@H]2OC(C)=O)O1. The lowest BCUT2D eigenvalue weighted by atomic mass is 10.1. The van der Waals surface area contributed by atoms with E-state index in [4.69, 9.17) is 14.2 Å². The molecule has 0 saturated carbocycles. The third kappa shape index (κ3) is 2.81. The van der Waals surface area contributed by atoms with Crippen molar-refractivity contribution in [1.82, 2.24) is 0 Å². The molecule has 2 heterocycles. The molecule has 0 aromatic carbocycles. The standard InChI is InChI=1S/C15H12O4/c1-3-4-5-6-7-13-8-10-15(19-13)14(9-11-17-15)18-12(2)16/h7-11,14H,1-2H3/b13-7-/t14-,15+/m1/s1. The molecule has 2 aliphatic rings. The van der Waals surface area contributed by atoms with Crippen LogP contribution in [0.1, 0.15) is 13.8 Å². The molecule has 0 aliphatic carbocycles. The van der Waals surface area contributed by atoms with Crippen molar-refractivity contribution in [3.8, 4) is 23.7 Å². The van der Waals surface area contributed by atoms with Crippen molar-refractivity contribution < 1.29 is 19.0 Å². The summed E-state index contributed by atoms with van der Waals surface area (Å²) in [5, 5.41) is 0. The van der Waals surface area contributed by atoms with E-state index in [0.717, 1.165) is 0 Å². The van der Waals surface area contributed by atoms with Gasteiger partial charge in [-0.1, -0.05) is 11.8 Å². The van der Waals surface area contributed by atoms with E-state index in [1.165, 1.54) is 13.2 Å².